The Labute approximate surface area is 113 Å². The lowest BCUT2D eigenvalue weighted by molar-refractivity contribution is -0.152. The van der Waals surface area contributed by atoms with Crippen LogP contribution in [0, 0.1) is 0 Å². The first-order chi connectivity index (χ1) is 9.24. The Morgan fingerprint density at radius 1 is 1.32 bits per heavy atom. The van der Waals surface area contributed by atoms with Gasteiger partial charge in [-0.05, 0) is 31.5 Å². The Morgan fingerprint density at radius 3 is 2.84 bits per heavy atom. The molecule has 2 aliphatic heterocycles. The summed E-state index contributed by atoms with van der Waals surface area (Å²) in [6.07, 6.45) is 1.99. The standard InChI is InChI=1S/C15H20N2O2/c1-17-8-6-11(7-9-17)19-15(18)13-10-16-14-5-3-2-4-12(13)14/h2-5,11,13,16H,6-10H2,1H3. The maximum absolute atomic E-state index is 12.3. The lowest BCUT2D eigenvalue weighted by atomic mass is 10.0. The van der Waals surface area contributed by atoms with E-state index in [-0.39, 0.29) is 18.0 Å². The maximum Gasteiger partial charge on any atom is 0.315 e. The van der Waals surface area contributed by atoms with Crippen molar-refractivity contribution >= 4 is 11.7 Å². The molecule has 1 saturated heterocycles. The van der Waals surface area contributed by atoms with Crippen molar-refractivity contribution in [2.75, 3.05) is 32.0 Å². The number of rotatable bonds is 2. The number of carbonyl (C=O) groups is 1. The van der Waals surface area contributed by atoms with Gasteiger partial charge in [-0.3, -0.25) is 4.79 Å². The number of nitrogens with zero attached hydrogens (tertiary/aromatic N) is 1. The van der Waals surface area contributed by atoms with E-state index in [1.807, 2.05) is 24.3 Å². The molecule has 3 rings (SSSR count). The predicted molar refractivity (Wildman–Crippen MR) is 74.3 cm³/mol. The van der Waals surface area contributed by atoms with Gasteiger partial charge in [0, 0.05) is 25.3 Å². The molecule has 4 heteroatoms. The molecule has 1 N–H and O–H groups in total. The first-order valence-corrected chi connectivity index (χ1v) is 6.96. The number of esters is 1. The van der Waals surface area contributed by atoms with Gasteiger partial charge in [0.05, 0.1) is 0 Å². The molecule has 0 aliphatic carbocycles. The summed E-state index contributed by atoms with van der Waals surface area (Å²) in [6.45, 7) is 2.68. The zero-order chi connectivity index (χ0) is 13.2. The second-order valence-corrected chi connectivity index (χ2v) is 5.46. The van der Waals surface area contributed by atoms with Crippen LogP contribution in [0.2, 0.25) is 0 Å². The van der Waals surface area contributed by atoms with Gasteiger partial charge in [-0.15, -0.1) is 0 Å². The minimum absolute atomic E-state index is 0.0768. The van der Waals surface area contributed by atoms with Crippen LogP contribution in [-0.4, -0.2) is 43.7 Å². The smallest absolute Gasteiger partial charge is 0.315 e. The van der Waals surface area contributed by atoms with Crippen molar-refractivity contribution in [1.29, 1.82) is 0 Å². The van der Waals surface area contributed by atoms with Gasteiger partial charge < -0.3 is 15.0 Å². The summed E-state index contributed by atoms with van der Waals surface area (Å²) in [7, 11) is 2.11. The average Bonchev–Trinajstić information content (AvgIpc) is 2.85. The van der Waals surface area contributed by atoms with Crippen LogP contribution in [-0.2, 0) is 9.53 Å². The summed E-state index contributed by atoms with van der Waals surface area (Å²) in [4.78, 5) is 14.6. The van der Waals surface area contributed by atoms with Crippen LogP contribution in [0.4, 0.5) is 5.69 Å². The second-order valence-electron chi connectivity index (χ2n) is 5.46. The molecule has 2 heterocycles. The van der Waals surface area contributed by atoms with E-state index in [1.54, 1.807) is 0 Å². The van der Waals surface area contributed by atoms with E-state index in [1.165, 1.54) is 0 Å². The van der Waals surface area contributed by atoms with E-state index in [0.717, 1.165) is 37.2 Å². The fourth-order valence-corrected chi connectivity index (χ4v) is 2.84. The van der Waals surface area contributed by atoms with Gasteiger partial charge in [0.2, 0.25) is 0 Å². The number of hydrogen-bond acceptors (Lipinski definition) is 4. The number of anilines is 1. The quantitative estimate of drug-likeness (QED) is 0.824. The third-order valence-electron chi connectivity index (χ3n) is 4.07. The fourth-order valence-electron chi connectivity index (χ4n) is 2.84. The highest BCUT2D eigenvalue weighted by molar-refractivity contribution is 5.84. The molecule has 1 aromatic rings. The summed E-state index contributed by atoms with van der Waals surface area (Å²) in [6, 6.07) is 7.98. The van der Waals surface area contributed by atoms with E-state index in [0.29, 0.717) is 6.54 Å². The molecular weight excluding hydrogens is 240 g/mol. The van der Waals surface area contributed by atoms with Crippen molar-refractivity contribution in [3.05, 3.63) is 29.8 Å². The number of benzene rings is 1. The Kier molecular flexibility index (Phi) is 3.42. The predicted octanol–water partition coefficient (Wildman–Crippen LogP) is 1.83. The summed E-state index contributed by atoms with van der Waals surface area (Å²) < 4.78 is 5.67. The molecule has 0 radical (unpaired) electrons. The molecule has 0 amide bonds. The van der Waals surface area contributed by atoms with E-state index < -0.39 is 0 Å². The first-order valence-electron chi connectivity index (χ1n) is 6.96. The lowest BCUT2D eigenvalue weighted by Crippen LogP contribution is -2.36. The molecule has 1 aromatic carbocycles. The minimum atomic E-state index is -0.143. The Morgan fingerprint density at radius 2 is 2.05 bits per heavy atom. The number of likely N-dealkylation sites (tertiary alicyclic amines) is 1. The molecule has 0 saturated carbocycles. The second kappa shape index (κ2) is 5.21. The Bertz CT molecular complexity index is 467. The lowest BCUT2D eigenvalue weighted by Gasteiger charge is -2.29. The normalized spacial score (nSPS) is 23.7. The third kappa shape index (κ3) is 2.59. The topological polar surface area (TPSA) is 41.6 Å². The summed E-state index contributed by atoms with van der Waals surface area (Å²) in [5, 5.41) is 3.27. The zero-order valence-electron chi connectivity index (χ0n) is 11.3. The van der Waals surface area contributed by atoms with Crippen molar-refractivity contribution in [1.82, 2.24) is 4.90 Å². The molecular formula is C15H20N2O2. The van der Waals surface area contributed by atoms with Crippen LogP contribution in [0.25, 0.3) is 0 Å². The van der Waals surface area contributed by atoms with Crippen molar-refractivity contribution in [3.63, 3.8) is 0 Å². The van der Waals surface area contributed by atoms with E-state index in [9.17, 15) is 4.79 Å². The molecule has 0 aromatic heterocycles. The molecule has 1 fully saturated rings. The van der Waals surface area contributed by atoms with Crippen LogP contribution in [0.1, 0.15) is 24.3 Å². The number of para-hydroxylation sites is 1. The zero-order valence-corrected chi connectivity index (χ0v) is 11.3. The van der Waals surface area contributed by atoms with Crippen molar-refractivity contribution in [3.8, 4) is 0 Å². The number of hydrogen-bond donors (Lipinski definition) is 1. The van der Waals surface area contributed by atoms with E-state index in [2.05, 4.69) is 17.3 Å². The summed E-state index contributed by atoms with van der Waals surface area (Å²) in [5.74, 6) is -0.220. The van der Waals surface area contributed by atoms with Crippen molar-refractivity contribution in [2.24, 2.45) is 0 Å². The minimum Gasteiger partial charge on any atom is -0.462 e. The van der Waals surface area contributed by atoms with E-state index in [4.69, 9.17) is 4.74 Å². The van der Waals surface area contributed by atoms with Gasteiger partial charge in [-0.25, -0.2) is 0 Å². The fraction of sp³-hybridized carbons (Fsp3) is 0.533. The van der Waals surface area contributed by atoms with Crippen LogP contribution in [0.3, 0.4) is 0 Å². The summed E-state index contributed by atoms with van der Waals surface area (Å²) >= 11 is 0. The number of nitrogens with one attached hydrogen (secondary N) is 1. The average molecular weight is 260 g/mol. The Balaban J connectivity index is 1.63. The number of ether oxygens (including phenoxy) is 1. The van der Waals surface area contributed by atoms with Gasteiger partial charge in [0.25, 0.3) is 0 Å². The van der Waals surface area contributed by atoms with Crippen molar-refractivity contribution in [2.45, 2.75) is 24.9 Å². The maximum atomic E-state index is 12.3. The molecule has 1 unspecified atom stereocenters. The molecule has 0 spiro atoms. The van der Waals surface area contributed by atoms with Crippen LogP contribution in [0.15, 0.2) is 24.3 Å². The number of piperidine rings is 1. The molecule has 1 atom stereocenters. The molecule has 0 bridgehead atoms. The molecule has 19 heavy (non-hydrogen) atoms. The van der Waals surface area contributed by atoms with Gasteiger partial charge in [0.1, 0.15) is 12.0 Å². The van der Waals surface area contributed by atoms with Gasteiger partial charge in [-0.2, -0.15) is 0 Å². The molecule has 2 aliphatic rings. The van der Waals surface area contributed by atoms with Crippen molar-refractivity contribution < 1.29 is 9.53 Å². The Hall–Kier alpha value is -1.55. The first kappa shape index (κ1) is 12.5. The van der Waals surface area contributed by atoms with E-state index >= 15 is 0 Å². The van der Waals surface area contributed by atoms with Crippen LogP contribution in [0.5, 0.6) is 0 Å². The molecule has 102 valence electrons. The summed E-state index contributed by atoms with van der Waals surface area (Å²) in [5.41, 5.74) is 2.13. The highest BCUT2D eigenvalue weighted by Crippen LogP contribution is 2.32. The number of fused-ring (bicyclic) bond motifs is 1. The largest absolute Gasteiger partial charge is 0.462 e. The monoisotopic (exact) mass is 260 g/mol. The number of carbonyl (C=O) groups excluding carboxylic acids is 1. The third-order valence-corrected chi connectivity index (χ3v) is 4.07. The van der Waals surface area contributed by atoms with Crippen LogP contribution >= 0.6 is 0 Å². The SMILES string of the molecule is CN1CCC(OC(=O)C2CNc3ccccc32)CC1. The van der Waals surface area contributed by atoms with Gasteiger partial charge in [-0.1, -0.05) is 18.2 Å². The molecule has 4 nitrogen and oxygen atoms in total. The van der Waals surface area contributed by atoms with Gasteiger partial charge >= 0.3 is 5.97 Å². The van der Waals surface area contributed by atoms with Gasteiger partial charge in [0.15, 0.2) is 0 Å². The highest BCUT2D eigenvalue weighted by atomic mass is 16.5. The van der Waals surface area contributed by atoms with Crippen LogP contribution < -0.4 is 5.32 Å². The highest BCUT2D eigenvalue weighted by Gasteiger charge is 2.31.